The van der Waals surface area contributed by atoms with Gasteiger partial charge in [-0.15, -0.1) is 0 Å². The minimum Gasteiger partial charge on any atom is -0.506 e. The number of aromatic nitrogens is 1. The van der Waals surface area contributed by atoms with Gasteiger partial charge < -0.3 is 15.9 Å². The second kappa shape index (κ2) is 4.39. The molecule has 0 amide bonds. The molecule has 0 saturated carbocycles. The van der Waals surface area contributed by atoms with Crippen LogP contribution in [0.2, 0.25) is 0 Å². The fourth-order valence-electron chi connectivity index (χ4n) is 1.64. The Morgan fingerprint density at radius 2 is 2.24 bits per heavy atom. The number of carbonyl (C=O) groups is 1. The third-order valence-corrected chi connectivity index (χ3v) is 2.52. The van der Waals surface area contributed by atoms with E-state index in [0.717, 1.165) is 10.9 Å². The maximum absolute atomic E-state index is 10.6. The number of nitrogens with two attached hydrogens (primary N) is 1. The lowest BCUT2D eigenvalue weighted by atomic mass is 10.1. The van der Waals surface area contributed by atoms with Gasteiger partial charge in [0.1, 0.15) is 17.3 Å². The van der Waals surface area contributed by atoms with Crippen LogP contribution in [0.15, 0.2) is 30.5 Å². The molecule has 5 nitrogen and oxygen atoms in total. The molecule has 0 spiro atoms. The SMILES string of the molecule is N[C@H](Cc1cnc2c(O)cccc2c1)C(=O)O. The van der Waals surface area contributed by atoms with E-state index in [9.17, 15) is 9.90 Å². The summed E-state index contributed by atoms with van der Waals surface area (Å²) in [5.74, 6) is -0.933. The Morgan fingerprint density at radius 1 is 1.47 bits per heavy atom. The van der Waals surface area contributed by atoms with Crippen LogP contribution in [0, 0.1) is 0 Å². The van der Waals surface area contributed by atoms with Crippen LogP contribution in [0.3, 0.4) is 0 Å². The number of phenolic OH excluding ortho intramolecular Hbond substituents is 1. The van der Waals surface area contributed by atoms with Crippen molar-refractivity contribution < 1.29 is 15.0 Å². The molecule has 1 aromatic carbocycles. The maximum atomic E-state index is 10.6. The summed E-state index contributed by atoms with van der Waals surface area (Å²) < 4.78 is 0. The number of rotatable bonds is 3. The van der Waals surface area contributed by atoms with Crippen molar-refractivity contribution in [1.29, 1.82) is 0 Å². The van der Waals surface area contributed by atoms with Crippen LogP contribution >= 0.6 is 0 Å². The zero-order valence-corrected chi connectivity index (χ0v) is 9.00. The second-order valence-corrected chi connectivity index (χ2v) is 3.84. The Bertz CT molecular complexity index is 569. The van der Waals surface area contributed by atoms with E-state index in [2.05, 4.69) is 4.98 Å². The van der Waals surface area contributed by atoms with Gasteiger partial charge in [0.2, 0.25) is 0 Å². The highest BCUT2D eigenvalue weighted by atomic mass is 16.4. The van der Waals surface area contributed by atoms with E-state index in [0.29, 0.717) is 5.52 Å². The van der Waals surface area contributed by atoms with Crippen molar-refractivity contribution in [3.05, 3.63) is 36.0 Å². The number of aliphatic carboxylic acids is 1. The predicted molar refractivity (Wildman–Crippen MR) is 62.7 cm³/mol. The fourth-order valence-corrected chi connectivity index (χ4v) is 1.64. The molecular formula is C12H12N2O3. The van der Waals surface area contributed by atoms with Crippen LogP contribution in [0.5, 0.6) is 5.75 Å². The first kappa shape index (κ1) is 11.3. The smallest absolute Gasteiger partial charge is 0.320 e. The lowest BCUT2D eigenvalue weighted by Gasteiger charge is -2.07. The quantitative estimate of drug-likeness (QED) is 0.730. The number of benzene rings is 1. The molecule has 0 fully saturated rings. The number of pyridine rings is 1. The molecule has 0 bridgehead atoms. The zero-order chi connectivity index (χ0) is 12.4. The Morgan fingerprint density at radius 3 is 2.94 bits per heavy atom. The molecule has 0 aliphatic heterocycles. The van der Waals surface area contributed by atoms with Gasteiger partial charge in [0, 0.05) is 11.6 Å². The van der Waals surface area contributed by atoms with Crippen LogP contribution < -0.4 is 5.73 Å². The number of para-hydroxylation sites is 1. The van der Waals surface area contributed by atoms with Crippen molar-refractivity contribution in [2.75, 3.05) is 0 Å². The first-order valence-electron chi connectivity index (χ1n) is 5.13. The maximum Gasteiger partial charge on any atom is 0.320 e. The molecular weight excluding hydrogens is 220 g/mol. The summed E-state index contributed by atoms with van der Waals surface area (Å²) in [6.07, 6.45) is 1.75. The highest BCUT2D eigenvalue weighted by molar-refractivity contribution is 5.84. The molecule has 0 radical (unpaired) electrons. The minimum atomic E-state index is -1.04. The van der Waals surface area contributed by atoms with Gasteiger partial charge >= 0.3 is 5.97 Å². The molecule has 17 heavy (non-hydrogen) atoms. The molecule has 0 aliphatic rings. The van der Waals surface area contributed by atoms with E-state index in [1.807, 2.05) is 0 Å². The van der Waals surface area contributed by atoms with E-state index < -0.39 is 12.0 Å². The number of carboxylic acid groups (broad SMARTS) is 1. The summed E-state index contributed by atoms with van der Waals surface area (Å²) in [6.45, 7) is 0. The van der Waals surface area contributed by atoms with Crippen molar-refractivity contribution in [3.63, 3.8) is 0 Å². The van der Waals surface area contributed by atoms with Gasteiger partial charge in [0.25, 0.3) is 0 Å². The number of phenols is 1. The van der Waals surface area contributed by atoms with Crippen LogP contribution in [-0.4, -0.2) is 27.2 Å². The van der Waals surface area contributed by atoms with Crippen molar-refractivity contribution in [2.24, 2.45) is 5.73 Å². The Kier molecular flexibility index (Phi) is 2.93. The van der Waals surface area contributed by atoms with E-state index >= 15 is 0 Å². The first-order valence-corrected chi connectivity index (χ1v) is 5.13. The minimum absolute atomic E-state index is 0.108. The zero-order valence-electron chi connectivity index (χ0n) is 9.00. The molecule has 1 atom stereocenters. The average Bonchev–Trinajstić information content (AvgIpc) is 2.29. The van der Waals surface area contributed by atoms with Crippen molar-refractivity contribution in [1.82, 2.24) is 4.98 Å². The summed E-state index contributed by atoms with van der Waals surface area (Å²) in [4.78, 5) is 14.7. The van der Waals surface area contributed by atoms with Crippen LogP contribution in [-0.2, 0) is 11.2 Å². The molecule has 2 rings (SSSR count). The average molecular weight is 232 g/mol. The molecule has 0 unspecified atom stereocenters. The van der Waals surface area contributed by atoms with Gasteiger partial charge in [-0.1, -0.05) is 12.1 Å². The highest BCUT2D eigenvalue weighted by Crippen LogP contribution is 2.22. The molecule has 5 heteroatoms. The van der Waals surface area contributed by atoms with Crippen LogP contribution in [0.1, 0.15) is 5.56 Å². The van der Waals surface area contributed by atoms with Gasteiger partial charge in [0.05, 0.1) is 0 Å². The number of hydrogen-bond acceptors (Lipinski definition) is 4. The Labute approximate surface area is 97.5 Å². The van der Waals surface area contributed by atoms with Crippen LogP contribution in [0.25, 0.3) is 10.9 Å². The normalized spacial score (nSPS) is 12.5. The Balaban J connectivity index is 2.35. The number of aromatic hydroxyl groups is 1. The highest BCUT2D eigenvalue weighted by Gasteiger charge is 2.12. The molecule has 88 valence electrons. The molecule has 4 N–H and O–H groups in total. The monoisotopic (exact) mass is 232 g/mol. The molecule has 1 heterocycles. The third kappa shape index (κ3) is 2.34. The van der Waals surface area contributed by atoms with Gasteiger partial charge in [-0.05, 0) is 24.1 Å². The standard InChI is InChI=1S/C12H12N2O3/c13-9(12(16)17)5-7-4-8-2-1-3-10(15)11(8)14-6-7/h1-4,6,9,15H,5,13H2,(H,16,17)/t9-/m1/s1. The van der Waals surface area contributed by atoms with Crippen molar-refractivity contribution in [3.8, 4) is 5.75 Å². The summed E-state index contributed by atoms with van der Waals surface area (Å²) in [7, 11) is 0. The topological polar surface area (TPSA) is 96.4 Å². The molecule has 1 aromatic heterocycles. The van der Waals surface area contributed by atoms with Crippen LogP contribution in [0.4, 0.5) is 0 Å². The number of carboxylic acids is 1. The Hall–Kier alpha value is -2.14. The molecule has 0 aliphatic carbocycles. The number of fused-ring (bicyclic) bond motifs is 1. The van der Waals surface area contributed by atoms with Gasteiger partial charge in [-0.25, -0.2) is 0 Å². The van der Waals surface area contributed by atoms with E-state index in [1.165, 1.54) is 6.20 Å². The van der Waals surface area contributed by atoms with Gasteiger partial charge in [-0.3, -0.25) is 9.78 Å². The largest absolute Gasteiger partial charge is 0.506 e. The third-order valence-electron chi connectivity index (χ3n) is 2.52. The van der Waals surface area contributed by atoms with E-state index in [4.69, 9.17) is 10.8 Å². The number of nitrogens with zero attached hydrogens (tertiary/aromatic N) is 1. The lowest BCUT2D eigenvalue weighted by molar-refractivity contribution is -0.138. The van der Waals surface area contributed by atoms with Crippen molar-refractivity contribution >= 4 is 16.9 Å². The first-order chi connectivity index (χ1) is 8.08. The van der Waals surface area contributed by atoms with Gasteiger partial charge in [-0.2, -0.15) is 0 Å². The van der Waals surface area contributed by atoms with Crippen molar-refractivity contribution in [2.45, 2.75) is 12.5 Å². The van der Waals surface area contributed by atoms with E-state index in [1.54, 1.807) is 24.3 Å². The fraction of sp³-hybridized carbons (Fsp3) is 0.167. The van der Waals surface area contributed by atoms with E-state index in [-0.39, 0.29) is 12.2 Å². The summed E-state index contributed by atoms with van der Waals surface area (Å²) in [5.41, 5.74) is 6.68. The summed E-state index contributed by atoms with van der Waals surface area (Å²) >= 11 is 0. The lowest BCUT2D eigenvalue weighted by Crippen LogP contribution is -2.32. The number of hydrogen-bond donors (Lipinski definition) is 3. The predicted octanol–water partition coefficient (Wildman–Crippen LogP) is 0.895. The summed E-state index contributed by atoms with van der Waals surface area (Å²) in [6, 6.07) is 5.91. The summed E-state index contributed by atoms with van der Waals surface area (Å²) in [5, 5.41) is 19.0. The second-order valence-electron chi connectivity index (χ2n) is 3.84. The van der Waals surface area contributed by atoms with Gasteiger partial charge in [0.15, 0.2) is 0 Å². The molecule has 2 aromatic rings. The molecule has 0 saturated heterocycles.